The lowest BCUT2D eigenvalue weighted by atomic mass is 10.1. The molecule has 0 aliphatic heterocycles. The van der Waals surface area contributed by atoms with Crippen molar-refractivity contribution in [1.29, 1.82) is 0 Å². The van der Waals surface area contributed by atoms with Crippen molar-refractivity contribution < 1.29 is 17.9 Å². The molecular formula is C10H13NO4S. The molecule has 0 fully saturated rings. The summed E-state index contributed by atoms with van der Waals surface area (Å²) >= 11 is 0. The van der Waals surface area contributed by atoms with E-state index in [1.165, 1.54) is 19.2 Å². The maximum Gasteiger partial charge on any atom is 0.340 e. The summed E-state index contributed by atoms with van der Waals surface area (Å²) in [6, 6.07) is 2.66. The number of esters is 1. The second kappa shape index (κ2) is 4.13. The van der Waals surface area contributed by atoms with Gasteiger partial charge in [0.1, 0.15) is 0 Å². The van der Waals surface area contributed by atoms with Crippen molar-refractivity contribution in [3.63, 3.8) is 0 Å². The number of anilines is 1. The fraction of sp³-hybridized carbons (Fsp3) is 0.300. The van der Waals surface area contributed by atoms with Crippen LogP contribution in [0, 0.1) is 6.92 Å². The molecule has 5 nitrogen and oxygen atoms in total. The van der Waals surface area contributed by atoms with Gasteiger partial charge in [0, 0.05) is 11.9 Å². The Kier molecular flexibility index (Phi) is 3.23. The number of nitrogen functional groups attached to an aromatic ring is 1. The lowest BCUT2D eigenvalue weighted by Gasteiger charge is -2.09. The lowest BCUT2D eigenvalue weighted by Crippen LogP contribution is -2.10. The van der Waals surface area contributed by atoms with Gasteiger partial charge in [0.05, 0.1) is 17.6 Å². The van der Waals surface area contributed by atoms with E-state index in [-0.39, 0.29) is 16.1 Å². The van der Waals surface area contributed by atoms with Crippen LogP contribution in [0.3, 0.4) is 0 Å². The van der Waals surface area contributed by atoms with E-state index < -0.39 is 15.8 Å². The molecule has 2 N–H and O–H groups in total. The predicted molar refractivity (Wildman–Crippen MR) is 60.0 cm³/mol. The van der Waals surface area contributed by atoms with Gasteiger partial charge in [0.15, 0.2) is 9.84 Å². The Balaban J connectivity index is 3.46. The highest BCUT2D eigenvalue weighted by Gasteiger charge is 2.17. The molecule has 0 radical (unpaired) electrons. The van der Waals surface area contributed by atoms with E-state index in [2.05, 4.69) is 4.74 Å². The fourth-order valence-corrected chi connectivity index (χ4v) is 2.11. The molecular weight excluding hydrogens is 230 g/mol. The van der Waals surface area contributed by atoms with Crippen LogP contribution < -0.4 is 5.73 Å². The van der Waals surface area contributed by atoms with Gasteiger partial charge in [-0.2, -0.15) is 0 Å². The number of benzene rings is 1. The van der Waals surface area contributed by atoms with Gasteiger partial charge in [0.2, 0.25) is 0 Å². The van der Waals surface area contributed by atoms with Gasteiger partial charge in [-0.3, -0.25) is 0 Å². The first-order valence-electron chi connectivity index (χ1n) is 4.46. The van der Waals surface area contributed by atoms with Crippen molar-refractivity contribution >= 4 is 21.5 Å². The van der Waals surface area contributed by atoms with Gasteiger partial charge in [-0.05, 0) is 24.6 Å². The molecule has 0 bridgehead atoms. The number of hydrogen-bond donors (Lipinski definition) is 1. The molecule has 0 heterocycles. The summed E-state index contributed by atoms with van der Waals surface area (Å²) in [5, 5.41) is 0. The first-order valence-corrected chi connectivity index (χ1v) is 6.35. The Morgan fingerprint density at radius 1 is 1.38 bits per heavy atom. The molecule has 1 aromatic carbocycles. The van der Waals surface area contributed by atoms with E-state index in [0.29, 0.717) is 5.56 Å². The van der Waals surface area contributed by atoms with Crippen molar-refractivity contribution in [2.24, 2.45) is 0 Å². The fourth-order valence-electron chi connectivity index (χ4n) is 1.38. The maximum atomic E-state index is 11.4. The second-order valence-electron chi connectivity index (χ2n) is 3.47. The van der Waals surface area contributed by atoms with Crippen LogP contribution in [-0.2, 0) is 14.6 Å². The van der Waals surface area contributed by atoms with Crippen molar-refractivity contribution in [2.75, 3.05) is 19.1 Å². The topological polar surface area (TPSA) is 86.5 Å². The van der Waals surface area contributed by atoms with Crippen LogP contribution in [0.4, 0.5) is 5.69 Å². The molecule has 6 heteroatoms. The molecule has 0 amide bonds. The molecule has 0 aliphatic rings. The predicted octanol–water partition coefficient (Wildman–Crippen LogP) is 0.767. The number of rotatable bonds is 2. The summed E-state index contributed by atoms with van der Waals surface area (Å²) in [7, 11) is -2.09. The van der Waals surface area contributed by atoms with E-state index in [0.717, 1.165) is 6.26 Å². The van der Waals surface area contributed by atoms with Gasteiger partial charge in [0.25, 0.3) is 0 Å². The average molecular weight is 243 g/mol. The molecule has 0 aliphatic carbocycles. The number of methoxy groups -OCH3 is 1. The number of ether oxygens (including phenoxy) is 1. The second-order valence-corrected chi connectivity index (χ2v) is 5.48. The molecule has 0 aromatic heterocycles. The van der Waals surface area contributed by atoms with Crippen LogP contribution >= 0.6 is 0 Å². The van der Waals surface area contributed by atoms with Crippen molar-refractivity contribution in [3.8, 4) is 0 Å². The lowest BCUT2D eigenvalue weighted by molar-refractivity contribution is 0.0601. The molecule has 1 rings (SSSR count). The monoisotopic (exact) mass is 243 g/mol. The van der Waals surface area contributed by atoms with Crippen molar-refractivity contribution in [2.45, 2.75) is 11.8 Å². The zero-order chi connectivity index (χ0) is 12.5. The Labute approximate surface area is 94.1 Å². The van der Waals surface area contributed by atoms with E-state index >= 15 is 0 Å². The van der Waals surface area contributed by atoms with Gasteiger partial charge in [-0.1, -0.05) is 0 Å². The third kappa shape index (κ3) is 2.33. The molecule has 1 aromatic rings. The van der Waals surface area contributed by atoms with E-state index in [9.17, 15) is 13.2 Å². The first-order chi connectivity index (χ1) is 7.27. The summed E-state index contributed by atoms with van der Waals surface area (Å²) < 4.78 is 27.2. The highest BCUT2D eigenvalue weighted by atomic mass is 32.2. The number of hydrogen-bond acceptors (Lipinski definition) is 5. The van der Waals surface area contributed by atoms with Crippen molar-refractivity contribution in [1.82, 2.24) is 0 Å². The quantitative estimate of drug-likeness (QED) is 0.612. The summed E-state index contributed by atoms with van der Waals surface area (Å²) in [4.78, 5) is 11.5. The number of nitrogens with two attached hydrogens (primary N) is 1. The van der Waals surface area contributed by atoms with Crippen LogP contribution in [-0.4, -0.2) is 27.8 Å². The van der Waals surface area contributed by atoms with Crippen LogP contribution in [0.25, 0.3) is 0 Å². The SMILES string of the molecule is COC(=O)c1c(C)cc(S(C)(=O)=O)cc1N. The minimum absolute atomic E-state index is 0.0927. The number of carbonyl (C=O) groups excluding carboxylic acids is 1. The summed E-state index contributed by atoms with van der Waals surface area (Å²) in [6.45, 7) is 1.61. The van der Waals surface area contributed by atoms with Crippen LogP contribution in [0.2, 0.25) is 0 Å². The van der Waals surface area contributed by atoms with Crippen LogP contribution in [0.1, 0.15) is 15.9 Å². The first kappa shape index (κ1) is 12.5. The molecule has 0 atom stereocenters. The van der Waals surface area contributed by atoms with E-state index in [4.69, 9.17) is 5.73 Å². The van der Waals surface area contributed by atoms with Gasteiger partial charge >= 0.3 is 5.97 Å². The highest BCUT2D eigenvalue weighted by molar-refractivity contribution is 7.90. The summed E-state index contributed by atoms with van der Waals surface area (Å²) in [6.07, 6.45) is 1.08. The zero-order valence-corrected chi connectivity index (χ0v) is 10.1. The van der Waals surface area contributed by atoms with E-state index in [1.807, 2.05) is 0 Å². The standard InChI is InChI=1S/C10H13NO4S/c1-6-4-7(16(3,13)14)5-8(11)9(6)10(12)15-2/h4-5H,11H2,1-3H3. The summed E-state index contributed by atoms with van der Waals surface area (Å²) in [5.41, 5.74) is 6.42. The van der Waals surface area contributed by atoms with Gasteiger partial charge < -0.3 is 10.5 Å². The molecule has 0 saturated carbocycles. The number of sulfone groups is 1. The molecule has 88 valence electrons. The zero-order valence-electron chi connectivity index (χ0n) is 9.27. The third-order valence-electron chi connectivity index (χ3n) is 2.16. The minimum Gasteiger partial charge on any atom is -0.465 e. The Hall–Kier alpha value is -1.56. The average Bonchev–Trinajstić information content (AvgIpc) is 2.14. The Morgan fingerprint density at radius 3 is 2.31 bits per heavy atom. The summed E-state index contributed by atoms with van der Waals surface area (Å²) in [5.74, 6) is -0.574. The third-order valence-corrected chi connectivity index (χ3v) is 3.25. The van der Waals surface area contributed by atoms with E-state index in [1.54, 1.807) is 6.92 Å². The molecule has 16 heavy (non-hydrogen) atoms. The molecule has 0 spiro atoms. The van der Waals surface area contributed by atoms with Crippen LogP contribution in [0.15, 0.2) is 17.0 Å². The Morgan fingerprint density at radius 2 is 1.94 bits per heavy atom. The van der Waals surface area contributed by atoms with Gasteiger partial charge in [-0.15, -0.1) is 0 Å². The normalized spacial score (nSPS) is 11.2. The highest BCUT2D eigenvalue weighted by Crippen LogP contribution is 2.23. The molecule has 0 unspecified atom stereocenters. The van der Waals surface area contributed by atoms with Crippen molar-refractivity contribution in [3.05, 3.63) is 23.3 Å². The largest absolute Gasteiger partial charge is 0.465 e. The number of aryl methyl sites for hydroxylation is 1. The Bertz CT molecular complexity index is 511. The maximum absolute atomic E-state index is 11.4. The smallest absolute Gasteiger partial charge is 0.340 e. The van der Waals surface area contributed by atoms with Gasteiger partial charge in [-0.25, -0.2) is 13.2 Å². The minimum atomic E-state index is -3.33. The van der Waals surface area contributed by atoms with Crippen LogP contribution in [0.5, 0.6) is 0 Å². The number of carbonyl (C=O) groups is 1. The molecule has 0 saturated heterocycles.